The first-order valence-corrected chi connectivity index (χ1v) is 12.6. The van der Waals surface area contributed by atoms with Gasteiger partial charge in [0.2, 0.25) is 0 Å². The quantitative estimate of drug-likeness (QED) is 0.170. The third-order valence-corrected chi connectivity index (χ3v) is 5.68. The molecule has 0 aliphatic heterocycles. The Bertz CT molecular complexity index is 1270. The topological polar surface area (TPSA) is 0 Å². The van der Waals surface area contributed by atoms with Crippen LogP contribution in [0.3, 0.4) is 0 Å². The standard InChI is InChI=1S/C24H20.4C2H6/c1-13-9-11-19-21-14(2)8-10-17-6-5-7-18(23(17)21)22-16(4)12-15(3)20(13)24(19)22;4*1-2/h5-12H,1-4H3;4*1-2H3. The number of rotatable bonds is 0. The summed E-state index contributed by atoms with van der Waals surface area (Å²) in [6.07, 6.45) is 0. The van der Waals surface area contributed by atoms with E-state index < -0.39 is 0 Å². The third-order valence-electron chi connectivity index (χ3n) is 5.68. The number of benzene rings is 5. The molecule has 0 amide bonds. The molecule has 32 heavy (non-hydrogen) atoms. The van der Waals surface area contributed by atoms with Gasteiger partial charge in [0.15, 0.2) is 0 Å². The molecule has 0 atom stereocenters. The van der Waals surface area contributed by atoms with Crippen LogP contribution < -0.4 is 0 Å². The minimum absolute atomic E-state index is 1.34. The fourth-order valence-electron chi connectivity index (χ4n) is 4.74. The molecule has 0 aliphatic carbocycles. The van der Waals surface area contributed by atoms with Gasteiger partial charge in [0.25, 0.3) is 0 Å². The van der Waals surface area contributed by atoms with E-state index in [-0.39, 0.29) is 0 Å². The minimum Gasteiger partial charge on any atom is -0.0683 e. The van der Waals surface area contributed by atoms with Crippen molar-refractivity contribution in [2.45, 2.75) is 83.1 Å². The lowest BCUT2D eigenvalue weighted by Gasteiger charge is -2.19. The van der Waals surface area contributed by atoms with Crippen molar-refractivity contribution < 1.29 is 0 Å². The number of hydrogen-bond donors (Lipinski definition) is 0. The van der Waals surface area contributed by atoms with Crippen molar-refractivity contribution >= 4 is 43.1 Å². The van der Waals surface area contributed by atoms with Gasteiger partial charge in [0, 0.05) is 0 Å². The Hall–Kier alpha value is -2.60. The summed E-state index contributed by atoms with van der Waals surface area (Å²) < 4.78 is 0. The highest BCUT2D eigenvalue weighted by atomic mass is 14.2. The zero-order chi connectivity index (χ0) is 24.6. The molecule has 0 aromatic heterocycles. The average Bonchev–Trinajstić information content (AvgIpc) is 2.85. The van der Waals surface area contributed by atoms with E-state index in [1.54, 1.807) is 0 Å². The van der Waals surface area contributed by atoms with Gasteiger partial charge in [0.1, 0.15) is 0 Å². The average molecular weight is 429 g/mol. The summed E-state index contributed by atoms with van der Waals surface area (Å²) in [5.41, 5.74) is 5.50. The number of hydrogen-bond acceptors (Lipinski definition) is 0. The molecule has 5 aromatic carbocycles. The molecule has 5 aromatic rings. The van der Waals surface area contributed by atoms with E-state index >= 15 is 0 Å². The van der Waals surface area contributed by atoms with Crippen LogP contribution >= 0.6 is 0 Å². The van der Waals surface area contributed by atoms with Crippen molar-refractivity contribution in [2.75, 3.05) is 0 Å². The van der Waals surface area contributed by atoms with Crippen LogP contribution in [0.25, 0.3) is 43.1 Å². The summed E-state index contributed by atoms with van der Waals surface area (Å²) in [4.78, 5) is 0. The molecule has 5 rings (SSSR count). The Morgan fingerprint density at radius 2 is 0.844 bits per heavy atom. The maximum Gasteiger partial charge on any atom is -0.00183 e. The molecular formula is C32H44. The largest absolute Gasteiger partial charge is 0.0683 e. The Morgan fingerprint density at radius 1 is 0.375 bits per heavy atom. The van der Waals surface area contributed by atoms with Gasteiger partial charge >= 0.3 is 0 Å². The molecule has 0 heteroatoms. The van der Waals surface area contributed by atoms with Gasteiger partial charge in [-0.3, -0.25) is 0 Å². The molecule has 0 fully saturated rings. The van der Waals surface area contributed by atoms with Gasteiger partial charge in [-0.05, 0) is 93.0 Å². The van der Waals surface area contributed by atoms with Gasteiger partial charge in [-0.15, -0.1) is 0 Å². The van der Waals surface area contributed by atoms with Crippen LogP contribution in [0.4, 0.5) is 0 Å². The summed E-state index contributed by atoms with van der Waals surface area (Å²) in [6, 6.07) is 18.2. The van der Waals surface area contributed by atoms with Crippen LogP contribution in [0.1, 0.15) is 77.6 Å². The summed E-state index contributed by atoms with van der Waals surface area (Å²) in [6.45, 7) is 25.0. The Balaban J connectivity index is 0.000000581. The van der Waals surface area contributed by atoms with E-state index in [2.05, 4.69) is 76.2 Å². The minimum atomic E-state index is 1.34. The van der Waals surface area contributed by atoms with Crippen molar-refractivity contribution in [2.24, 2.45) is 0 Å². The van der Waals surface area contributed by atoms with Gasteiger partial charge < -0.3 is 0 Å². The van der Waals surface area contributed by atoms with E-state index in [0.29, 0.717) is 0 Å². The molecule has 0 radical (unpaired) electrons. The first-order valence-electron chi connectivity index (χ1n) is 12.6. The lowest BCUT2D eigenvalue weighted by Crippen LogP contribution is -1.94. The Morgan fingerprint density at radius 3 is 1.47 bits per heavy atom. The summed E-state index contributed by atoms with van der Waals surface area (Å²) in [5.74, 6) is 0. The van der Waals surface area contributed by atoms with Crippen LogP contribution in [-0.2, 0) is 0 Å². The van der Waals surface area contributed by atoms with Crippen molar-refractivity contribution in [1.82, 2.24) is 0 Å². The number of fused-ring (bicyclic) bond motifs is 2. The molecule has 0 unspecified atom stereocenters. The zero-order valence-corrected chi connectivity index (χ0v) is 22.6. The third kappa shape index (κ3) is 4.46. The summed E-state index contributed by atoms with van der Waals surface area (Å²) in [7, 11) is 0. The highest BCUT2D eigenvalue weighted by molar-refractivity contribution is 6.34. The van der Waals surface area contributed by atoms with Gasteiger partial charge in [-0.2, -0.15) is 0 Å². The van der Waals surface area contributed by atoms with Gasteiger partial charge in [-0.1, -0.05) is 104 Å². The lowest BCUT2D eigenvalue weighted by molar-refractivity contribution is 1.43. The van der Waals surface area contributed by atoms with Crippen molar-refractivity contribution in [3.63, 3.8) is 0 Å². The summed E-state index contributed by atoms with van der Waals surface area (Å²) >= 11 is 0. The zero-order valence-electron chi connectivity index (χ0n) is 22.6. The second-order valence-corrected chi connectivity index (χ2v) is 7.23. The SMILES string of the molecule is CC.CC.CC.CC.Cc1ccc2c3c(C)ccc4cccc(c5c(C)cc(C)c1c25)c43. The molecule has 0 spiro atoms. The van der Waals surface area contributed by atoms with Crippen molar-refractivity contribution in [3.8, 4) is 0 Å². The number of aryl methyl sites for hydroxylation is 4. The van der Waals surface area contributed by atoms with Crippen LogP contribution in [-0.4, -0.2) is 0 Å². The maximum absolute atomic E-state index is 2.36. The molecule has 0 N–H and O–H groups in total. The Labute approximate surface area is 197 Å². The first kappa shape index (κ1) is 27.4. The van der Waals surface area contributed by atoms with E-state index in [9.17, 15) is 0 Å². The predicted octanol–water partition coefficient (Wildman–Crippen LogP) is 11.1. The molecule has 0 bridgehead atoms. The molecule has 0 aliphatic rings. The van der Waals surface area contributed by atoms with Gasteiger partial charge in [0.05, 0.1) is 0 Å². The van der Waals surface area contributed by atoms with Crippen molar-refractivity contribution in [3.05, 3.63) is 70.8 Å². The van der Waals surface area contributed by atoms with Crippen LogP contribution in [0, 0.1) is 27.7 Å². The smallest absolute Gasteiger partial charge is 0.00183 e. The second kappa shape index (κ2) is 12.4. The summed E-state index contributed by atoms with van der Waals surface area (Å²) in [5, 5.41) is 11.3. The van der Waals surface area contributed by atoms with E-state index in [0.717, 1.165) is 0 Å². The highest BCUT2D eigenvalue weighted by Crippen LogP contribution is 2.44. The van der Waals surface area contributed by atoms with Crippen LogP contribution in [0.5, 0.6) is 0 Å². The van der Waals surface area contributed by atoms with Crippen LogP contribution in [0.15, 0.2) is 48.5 Å². The first-order chi connectivity index (χ1) is 15.6. The van der Waals surface area contributed by atoms with E-state index in [4.69, 9.17) is 0 Å². The molecule has 0 nitrogen and oxygen atoms in total. The second-order valence-electron chi connectivity index (χ2n) is 7.23. The molecular weight excluding hydrogens is 384 g/mol. The lowest BCUT2D eigenvalue weighted by atomic mass is 9.84. The van der Waals surface area contributed by atoms with E-state index in [1.165, 1.54) is 65.3 Å². The fraction of sp³-hybridized carbons (Fsp3) is 0.375. The molecule has 0 saturated carbocycles. The Kier molecular flexibility index (Phi) is 10.7. The molecule has 0 heterocycles. The molecule has 0 saturated heterocycles. The van der Waals surface area contributed by atoms with Crippen molar-refractivity contribution in [1.29, 1.82) is 0 Å². The highest BCUT2D eigenvalue weighted by Gasteiger charge is 2.17. The van der Waals surface area contributed by atoms with Gasteiger partial charge in [-0.25, -0.2) is 0 Å². The monoisotopic (exact) mass is 428 g/mol. The molecule has 172 valence electrons. The normalized spacial score (nSPS) is 9.88. The van der Waals surface area contributed by atoms with E-state index in [1.807, 2.05) is 55.4 Å². The van der Waals surface area contributed by atoms with Crippen LogP contribution in [0.2, 0.25) is 0 Å². The maximum atomic E-state index is 2.36. The fourth-order valence-corrected chi connectivity index (χ4v) is 4.74. The predicted molar refractivity (Wildman–Crippen MR) is 152 cm³/mol.